The van der Waals surface area contributed by atoms with Gasteiger partial charge in [-0.25, -0.2) is 0 Å². The van der Waals surface area contributed by atoms with Crippen molar-refractivity contribution in [1.82, 2.24) is 4.90 Å². The maximum absolute atomic E-state index is 5.98. The molecule has 0 saturated carbocycles. The summed E-state index contributed by atoms with van der Waals surface area (Å²) in [6, 6.07) is 0.548. The highest BCUT2D eigenvalue weighted by Crippen LogP contribution is 2.28. The first-order valence-corrected chi connectivity index (χ1v) is 6.40. The van der Waals surface area contributed by atoms with Gasteiger partial charge in [-0.05, 0) is 31.1 Å². The number of hydrogen-bond acceptors (Lipinski definition) is 3. The van der Waals surface area contributed by atoms with Crippen LogP contribution in [0.4, 0.5) is 0 Å². The second-order valence-electron chi connectivity index (χ2n) is 5.36. The molecule has 0 aromatic carbocycles. The summed E-state index contributed by atoms with van der Waals surface area (Å²) in [6.07, 6.45) is 8.32. The van der Waals surface area contributed by atoms with Gasteiger partial charge in [0.05, 0.1) is 12.6 Å². The van der Waals surface area contributed by atoms with Gasteiger partial charge in [0.2, 0.25) is 0 Å². The molecule has 90 valence electrons. The molecule has 2 rings (SSSR count). The van der Waals surface area contributed by atoms with Gasteiger partial charge in [0.25, 0.3) is 0 Å². The van der Waals surface area contributed by atoms with Gasteiger partial charge in [-0.15, -0.1) is 0 Å². The van der Waals surface area contributed by atoms with Crippen molar-refractivity contribution in [1.29, 1.82) is 0 Å². The van der Waals surface area contributed by atoms with Crippen LogP contribution in [-0.2, 0) is 0 Å². The van der Waals surface area contributed by atoms with E-state index in [1.54, 1.807) is 0 Å². The monoisotopic (exact) mass is 221 g/mol. The summed E-state index contributed by atoms with van der Waals surface area (Å²) < 4.78 is 0. The predicted octanol–water partition coefficient (Wildman–Crippen LogP) is 2.00. The molecule has 3 nitrogen and oxygen atoms in total. The maximum atomic E-state index is 5.98. The fraction of sp³-hybridized carbons (Fsp3) is 0.769. The molecule has 2 N–H and O–H groups in total. The molecule has 1 aliphatic heterocycles. The van der Waals surface area contributed by atoms with Crippen molar-refractivity contribution < 1.29 is 0 Å². The van der Waals surface area contributed by atoms with Gasteiger partial charge in [-0.3, -0.25) is 4.99 Å². The number of nitrogens with zero attached hydrogens (tertiary/aromatic N) is 2. The summed E-state index contributed by atoms with van der Waals surface area (Å²) in [5.74, 6) is 2.15. The highest BCUT2D eigenvalue weighted by atomic mass is 15.3. The Hall–Kier alpha value is -0.990. The lowest BCUT2D eigenvalue weighted by Gasteiger charge is -2.34. The lowest BCUT2D eigenvalue weighted by Crippen LogP contribution is -2.46. The Morgan fingerprint density at radius 1 is 1.50 bits per heavy atom. The molecular weight excluding hydrogens is 198 g/mol. The van der Waals surface area contributed by atoms with Crippen LogP contribution in [0, 0.1) is 11.8 Å². The lowest BCUT2D eigenvalue weighted by molar-refractivity contribution is 0.219. The molecule has 0 fully saturated rings. The van der Waals surface area contributed by atoms with Crippen molar-refractivity contribution in [2.45, 2.75) is 39.2 Å². The Morgan fingerprint density at radius 2 is 2.31 bits per heavy atom. The first-order valence-electron chi connectivity index (χ1n) is 6.40. The van der Waals surface area contributed by atoms with Gasteiger partial charge in [0.1, 0.15) is 0 Å². The van der Waals surface area contributed by atoms with Crippen LogP contribution in [0.1, 0.15) is 33.1 Å². The zero-order valence-corrected chi connectivity index (χ0v) is 10.4. The van der Waals surface area contributed by atoms with E-state index < -0.39 is 0 Å². The van der Waals surface area contributed by atoms with Crippen LogP contribution in [0.3, 0.4) is 0 Å². The van der Waals surface area contributed by atoms with E-state index in [9.17, 15) is 0 Å². The molecule has 2 aliphatic rings. The average Bonchev–Trinajstić information content (AvgIpc) is 2.61. The standard InChI is InChI=1S/C13H23N3/c1-10(2)9-16-12(8-15-13(16)14)11-6-4-3-5-7-11/h3-4,10-12H,5-9H2,1-2H3,(H2,14,15). The van der Waals surface area contributed by atoms with Crippen LogP contribution in [0.5, 0.6) is 0 Å². The van der Waals surface area contributed by atoms with Crippen molar-refractivity contribution >= 4 is 5.96 Å². The Bertz CT molecular complexity index is 294. The molecule has 1 heterocycles. The van der Waals surface area contributed by atoms with E-state index in [0.29, 0.717) is 12.0 Å². The minimum atomic E-state index is 0.548. The minimum Gasteiger partial charge on any atom is -0.370 e. The predicted molar refractivity (Wildman–Crippen MR) is 68.3 cm³/mol. The normalized spacial score (nSPS) is 29.9. The van der Waals surface area contributed by atoms with Gasteiger partial charge >= 0.3 is 0 Å². The quantitative estimate of drug-likeness (QED) is 0.741. The largest absolute Gasteiger partial charge is 0.370 e. The minimum absolute atomic E-state index is 0.548. The molecule has 0 bridgehead atoms. The fourth-order valence-electron chi connectivity index (χ4n) is 2.74. The van der Waals surface area contributed by atoms with Crippen molar-refractivity contribution in [3.63, 3.8) is 0 Å². The third-order valence-electron chi connectivity index (χ3n) is 3.55. The Morgan fingerprint density at radius 3 is 2.94 bits per heavy atom. The molecule has 0 aromatic heterocycles. The zero-order chi connectivity index (χ0) is 11.5. The molecule has 3 heteroatoms. The van der Waals surface area contributed by atoms with Crippen molar-refractivity contribution in [2.75, 3.05) is 13.1 Å². The van der Waals surface area contributed by atoms with E-state index in [2.05, 4.69) is 35.9 Å². The van der Waals surface area contributed by atoms with Crippen molar-refractivity contribution in [3.8, 4) is 0 Å². The Balaban J connectivity index is 2.01. The summed E-state index contributed by atoms with van der Waals surface area (Å²) in [5.41, 5.74) is 5.98. The van der Waals surface area contributed by atoms with Gasteiger partial charge in [-0.1, -0.05) is 26.0 Å². The van der Waals surface area contributed by atoms with E-state index in [1.165, 1.54) is 19.3 Å². The molecule has 0 aromatic rings. The van der Waals surface area contributed by atoms with E-state index in [-0.39, 0.29) is 0 Å². The topological polar surface area (TPSA) is 41.6 Å². The number of nitrogens with two attached hydrogens (primary N) is 1. The number of aliphatic imine (C=N–C) groups is 1. The molecule has 1 aliphatic carbocycles. The Kier molecular flexibility index (Phi) is 3.52. The second kappa shape index (κ2) is 4.89. The van der Waals surface area contributed by atoms with E-state index >= 15 is 0 Å². The molecule has 0 amide bonds. The van der Waals surface area contributed by atoms with Gasteiger partial charge in [0.15, 0.2) is 5.96 Å². The van der Waals surface area contributed by atoms with E-state index in [1.807, 2.05) is 0 Å². The highest BCUT2D eigenvalue weighted by molar-refractivity contribution is 5.80. The summed E-state index contributed by atoms with van der Waals surface area (Å²) in [7, 11) is 0. The van der Waals surface area contributed by atoms with Crippen molar-refractivity contribution in [3.05, 3.63) is 12.2 Å². The van der Waals surface area contributed by atoms with Crippen LogP contribution in [-0.4, -0.2) is 30.0 Å². The number of guanidine groups is 1. The molecule has 2 atom stereocenters. The summed E-state index contributed by atoms with van der Waals surface area (Å²) >= 11 is 0. The lowest BCUT2D eigenvalue weighted by atomic mass is 9.87. The van der Waals surface area contributed by atoms with Crippen LogP contribution in [0.15, 0.2) is 17.1 Å². The van der Waals surface area contributed by atoms with Crippen LogP contribution >= 0.6 is 0 Å². The number of allylic oxidation sites excluding steroid dienone is 2. The fourth-order valence-corrected chi connectivity index (χ4v) is 2.74. The molecular formula is C13H23N3. The molecule has 0 saturated heterocycles. The SMILES string of the molecule is CC(C)CN1C(N)=NCC1C1CC=CCC1. The van der Waals surface area contributed by atoms with Gasteiger partial charge in [-0.2, -0.15) is 0 Å². The van der Waals surface area contributed by atoms with Crippen LogP contribution in [0.2, 0.25) is 0 Å². The average molecular weight is 221 g/mol. The maximum Gasteiger partial charge on any atom is 0.191 e. The second-order valence-corrected chi connectivity index (χ2v) is 5.36. The molecule has 0 spiro atoms. The Labute approximate surface area is 98.4 Å². The van der Waals surface area contributed by atoms with Crippen LogP contribution in [0.25, 0.3) is 0 Å². The van der Waals surface area contributed by atoms with E-state index in [4.69, 9.17) is 5.73 Å². The molecule has 16 heavy (non-hydrogen) atoms. The smallest absolute Gasteiger partial charge is 0.191 e. The third kappa shape index (κ3) is 2.39. The highest BCUT2D eigenvalue weighted by Gasteiger charge is 2.32. The van der Waals surface area contributed by atoms with Gasteiger partial charge < -0.3 is 10.6 Å². The first-order chi connectivity index (χ1) is 7.68. The van der Waals surface area contributed by atoms with Crippen LogP contribution < -0.4 is 5.73 Å². The van der Waals surface area contributed by atoms with Crippen molar-refractivity contribution in [2.24, 2.45) is 22.6 Å². The summed E-state index contributed by atoms with van der Waals surface area (Å²) in [6.45, 7) is 6.42. The summed E-state index contributed by atoms with van der Waals surface area (Å²) in [4.78, 5) is 6.75. The first kappa shape index (κ1) is 11.5. The van der Waals surface area contributed by atoms with Gasteiger partial charge in [0, 0.05) is 6.54 Å². The number of hydrogen-bond donors (Lipinski definition) is 1. The zero-order valence-electron chi connectivity index (χ0n) is 10.4. The summed E-state index contributed by atoms with van der Waals surface area (Å²) in [5, 5.41) is 0. The molecule has 2 unspecified atom stereocenters. The molecule has 0 radical (unpaired) electrons. The third-order valence-corrected chi connectivity index (χ3v) is 3.55. The van der Waals surface area contributed by atoms with E-state index in [0.717, 1.165) is 25.0 Å². The number of rotatable bonds is 3.